The fourth-order valence-electron chi connectivity index (χ4n) is 1.88. The highest BCUT2D eigenvalue weighted by atomic mass is 16.6. The fraction of sp³-hybridized carbons (Fsp3) is 0.909. The van der Waals surface area contributed by atoms with Crippen LogP contribution < -0.4 is 5.73 Å². The van der Waals surface area contributed by atoms with Gasteiger partial charge in [0.15, 0.2) is 6.10 Å². The first-order chi connectivity index (χ1) is 7.17. The van der Waals surface area contributed by atoms with E-state index in [9.17, 15) is 4.79 Å². The molecule has 1 rings (SSSR count). The molecule has 0 aromatic heterocycles. The third-order valence-electron chi connectivity index (χ3n) is 2.70. The molecule has 1 fully saturated rings. The maximum absolute atomic E-state index is 11.5. The van der Waals surface area contributed by atoms with Crippen LogP contribution >= 0.6 is 0 Å². The minimum atomic E-state index is -0.416. The number of carbonyl (C=O) groups excluding carboxylic acids is 1. The molecule has 15 heavy (non-hydrogen) atoms. The number of rotatable bonds is 5. The lowest BCUT2D eigenvalue weighted by molar-refractivity contribution is -0.160. The van der Waals surface area contributed by atoms with E-state index in [0.29, 0.717) is 13.0 Å². The van der Waals surface area contributed by atoms with E-state index in [1.165, 1.54) is 0 Å². The van der Waals surface area contributed by atoms with Gasteiger partial charge < -0.3 is 15.2 Å². The first-order valence-electron chi connectivity index (χ1n) is 5.75. The van der Waals surface area contributed by atoms with Gasteiger partial charge in [0.25, 0.3) is 0 Å². The molecular formula is C11H21NO3. The van der Waals surface area contributed by atoms with Gasteiger partial charge in [-0.15, -0.1) is 0 Å². The Morgan fingerprint density at radius 2 is 2.20 bits per heavy atom. The molecule has 0 aromatic carbocycles. The third-order valence-corrected chi connectivity index (χ3v) is 2.70. The predicted octanol–water partition coefficient (Wildman–Crippen LogP) is 1.22. The highest BCUT2D eigenvalue weighted by Crippen LogP contribution is 2.22. The molecule has 0 aromatic rings. The smallest absolute Gasteiger partial charge is 0.335 e. The minimum absolute atomic E-state index is 0.134. The Morgan fingerprint density at radius 3 is 2.67 bits per heavy atom. The molecular weight excluding hydrogens is 194 g/mol. The normalized spacial score (nSPS) is 27.7. The van der Waals surface area contributed by atoms with Crippen LogP contribution in [0.2, 0.25) is 0 Å². The SMILES string of the molecule is CCOC(=O)C(CC)OC1CCC(N)C1. The van der Waals surface area contributed by atoms with E-state index in [2.05, 4.69) is 0 Å². The van der Waals surface area contributed by atoms with Crippen LogP contribution in [0.5, 0.6) is 0 Å². The van der Waals surface area contributed by atoms with Crippen molar-refractivity contribution in [2.24, 2.45) is 5.73 Å². The molecule has 1 aliphatic rings. The van der Waals surface area contributed by atoms with E-state index < -0.39 is 6.10 Å². The van der Waals surface area contributed by atoms with Gasteiger partial charge in [-0.3, -0.25) is 0 Å². The Hall–Kier alpha value is -0.610. The Labute approximate surface area is 91.1 Å². The second-order valence-corrected chi connectivity index (χ2v) is 3.98. The van der Waals surface area contributed by atoms with Crippen LogP contribution in [0.1, 0.15) is 39.5 Å². The number of esters is 1. The summed E-state index contributed by atoms with van der Waals surface area (Å²) in [6.07, 6.45) is 3.18. The lowest BCUT2D eigenvalue weighted by Crippen LogP contribution is -2.30. The Kier molecular flexibility index (Phi) is 5.05. The molecule has 0 saturated heterocycles. The van der Waals surface area contributed by atoms with Crippen molar-refractivity contribution in [3.8, 4) is 0 Å². The highest BCUT2D eigenvalue weighted by Gasteiger charge is 2.28. The molecule has 1 saturated carbocycles. The molecule has 0 spiro atoms. The maximum Gasteiger partial charge on any atom is 0.335 e. The zero-order chi connectivity index (χ0) is 11.3. The van der Waals surface area contributed by atoms with Gasteiger partial charge in [0.2, 0.25) is 0 Å². The first kappa shape index (κ1) is 12.5. The van der Waals surface area contributed by atoms with Crippen LogP contribution in [0, 0.1) is 0 Å². The van der Waals surface area contributed by atoms with Crippen molar-refractivity contribution in [1.82, 2.24) is 0 Å². The standard InChI is InChI=1S/C11H21NO3/c1-3-10(11(13)14-4-2)15-9-6-5-8(12)7-9/h8-10H,3-7,12H2,1-2H3. The second kappa shape index (κ2) is 6.08. The van der Waals surface area contributed by atoms with Gasteiger partial charge in [-0.05, 0) is 32.6 Å². The van der Waals surface area contributed by atoms with Crippen molar-refractivity contribution in [2.45, 2.75) is 57.8 Å². The molecule has 0 heterocycles. The van der Waals surface area contributed by atoms with Crippen LogP contribution in [0.25, 0.3) is 0 Å². The van der Waals surface area contributed by atoms with Gasteiger partial charge in [-0.25, -0.2) is 4.79 Å². The molecule has 0 aliphatic heterocycles. The molecule has 4 nitrogen and oxygen atoms in total. The average Bonchev–Trinajstić information content (AvgIpc) is 2.61. The summed E-state index contributed by atoms with van der Waals surface area (Å²) in [6.45, 7) is 4.13. The molecule has 0 radical (unpaired) electrons. The Bertz CT molecular complexity index is 208. The van der Waals surface area contributed by atoms with Crippen LogP contribution in [0.15, 0.2) is 0 Å². The molecule has 3 unspecified atom stereocenters. The van der Waals surface area contributed by atoms with Crippen molar-refractivity contribution in [1.29, 1.82) is 0 Å². The quantitative estimate of drug-likeness (QED) is 0.700. The number of nitrogens with two attached hydrogens (primary N) is 1. The van der Waals surface area contributed by atoms with Gasteiger partial charge in [0.1, 0.15) is 0 Å². The van der Waals surface area contributed by atoms with Gasteiger partial charge in [0.05, 0.1) is 12.7 Å². The van der Waals surface area contributed by atoms with Gasteiger partial charge in [-0.2, -0.15) is 0 Å². The van der Waals surface area contributed by atoms with Crippen molar-refractivity contribution in [2.75, 3.05) is 6.61 Å². The van der Waals surface area contributed by atoms with Gasteiger partial charge in [0, 0.05) is 6.04 Å². The summed E-state index contributed by atoms with van der Waals surface area (Å²) in [6, 6.07) is 0.231. The van der Waals surface area contributed by atoms with Crippen molar-refractivity contribution < 1.29 is 14.3 Å². The summed E-state index contributed by atoms with van der Waals surface area (Å²) in [4.78, 5) is 11.5. The summed E-state index contributed by atoms with van der Waals surface area (Å²) < 4.78 is 10.6. The lowest BCUT2D eigenvalue weighted by atomic mass is 10.2. The van der Waals surface area contributed by atoms with E-state index in [0.717, 1.165) is 19.3 Å². The number of hydrogen-bond acceptors (Lipinski definition) is 4. The molecule has 1 aliphatic carbocycles. The molecule has 88 valence electrons. The highest BCUT2D eigenvalue weighted by molar-refractivity contribution is 5.74. The van der Waals surface area contributed by atoms with E-state index >= 15 is 0 Å². The van der Waals surface area contributed by atoms with Crippen LogP contribution in [0.3, 0.4) is 0 Å². The zero-order valence-electron chi connectivity index (χ0n) is 9.57. The van der Waals surface area contributed by atoms with E-state index in [-0.39, 0.29) is 18.1 Å². The maximum atomic E-state index is 11.5. The fourth-order valence-corrected chi connectivity index (χ4v) is 1.88. The predicted molar refractivity (Wildman–Crippen MR) is 57.4 cm³/mol. The molecule has 2 N–H and O–H groups in total. The number of ether oxygens (including phenoxy) is 2. The largest absolute Gasteiger partial charge is 0.464 e. The van der Waals surface area contributed by atoms with Crippen molar-refractivity contribution in [3.63, 3.8) is 0 Å². The first-order valence-corrected chi connectivity index (χ1v) is 5.75. The molecule has 0 amide bonds. The second-order valence-electron chi connectivity index (χ2n) is 3.98. The summed E-state index contributed by atoms with van der Waals surface area (Å²) in [5.74, 6) is -0.250. The summed E-state index contributed by atoms with van der Waals surface area (Å²) in [7, 11) is 0. The van der Waals surface area contributed by atoms with Crippen LogP contribution in [-0.4, -0.2) is 30.8 Å². The van der Waals surface area contributed by atoms with Crippen LogP contribution in [-0.2, 0) is 14.3 Å². The summed E-state index contributed by atoms with van der Waals surface area (Å²) in [5, 5.41) is 0. The van der Waals surface area contributed by atoms with Gasteiger partial charge >= 0.3 is 5.97 Å². The average molecular weight is 215 g/mol. The van der Waals surface area contributed by atoms with Crippen molar-refractivity contribution >= 4 is 5.97 Å². The van der Waals surface area contributed by atoms with E-state index in [1.54, 1.807) is 6.92 Å². The molecule has 4 heteroatoms. The molecule has 3 atom stereocenters. The third kappa shape index (κ3) is 3.80. The van der Waals surface area contributed by atoms with Gasteiger partial charge in [-0.1, -0.05) is 6.92 Å². The van der Waals surface area contributed by atoms with E-state index in [1.807, 2.05) is 6.92 Å². The Morgan fingerprint density at radius 1 is 1.47 bits per heavy atom. The summed E-state index contributed by atoms with van der Waals surface area (Å²) in [5.41, 5.74) is 5.78. The lowest BCUT2D eigenvalue weighted by Gasteiger charge is -2.19. The number of hydrogen-bond donors (Lipinski definition) is 1. The number of carbonyl (C=O) groups is 1. The van der Waals surface area contributed by atoms with E-state index in [4.69, 9.17) is 15.2 Å². The minimum Gasteiger partial charge on any atom is -0.464 e. The Balaban J connectivity index is 2.36. The zero-order valence-corrected chi connectivity index (χ0v) is 9.57. The topological polar surface area (TPSA) is 61.5 Å². The summed E-state index contributed by atoms with van der Waals surface area (Å²) >= 11 is 0. The van der Waals surface area contributed by atoms with Crippen LogP contribution in [0.4, 0.5) is 0 Å². The van der Waals surface area contributed by atoms with Crippen molar-refractivity contribution in [3.05, 3.63) is 0 Å². The molecule has 0 bridgehead atoms. The monoisotopic (exact) mass is 215 g/mol.